The number of anilines is 2. The van der Waals surface area contributed by atoms with Gasteiger partial charge in [0, 0.05) is 42.1 Å². The molecule has 0 radical (unpaired) electrons. The van der Waals surface area contributed by atoms with Gasteiger partial charge < -0.3 is 19.9 Å². The zero-order valence-electron chi connectivity index (χ0n) is 17.3. The van der Waals surface area contributed by atoms with Gasteiger partial charge in [0.2, 0.25) is 5.91 Å². The van der Waals surface area contributed by atoms with Crippen LogP contribution in [0.1, 0.15) is 13.8 Å². The monoisotopic (exact) mass is 483 g/mol. The normalized spacial score (nSPS) is 14.0. The molecule has 1 aliphatic heterocycles. The van der Waals surface area contributed by atoms with Crippen LogP contribution in [0.2, 0.25) is 15.1 Å². The first kappa shape index (κ1) is 23.5. The summed E-state index contributed by atoms with van der Waals surface area (Å²) in [5.41, 5.74) is 1.44. The van der Waals surface area contributed by atoms with Crippen molar-refractivity contribution < 1.29 is 14.3 Å². The molecule has 0 aromatic heterocycles. The molecule has 0 bridgehead atoms. The van der Waals surface area contributed by atoms with Gasteiger partial charge >= 0.3 is 0 Å². The van der Waals surface area contributed by atoms with Crippen LogP contribution < -0.4 is 15.0 Å². The number of carbonyl (C=O) groups is 2. The molecule has 1 saturated heterocycles. The quantitative estimate of drug-likeness (QED) is 0.629. The van der Waals surface area contributed by atoms with Crippen LogP contribution >= 0.6 is 34.8 Å². The molecular weight excluding hydrogens is 461 g/mol. The van der Waals surface area contributed by atoms with Crippen molar-refractivity contribution >= 4 is 58.0 Å². The molecule has 2 aromatic rings. The minimum atomic E-state index is -0.344. The summed E-state index contributed by atoms with van der Waals surface area (Å²) >= 11 is 18.1. The number of hydrogen-bond donors (Lipinski definition) is 1. The molecule has 0 aliphatic carbocycles. The number of amides is 2. The van der Waals surface area contributed by atoms with E-state index in [4.69, 9.17) is 39.5 Å². The van der Waals surface area contributed by atoms with Gasteiger partial charge in [0.1, 0.15) is 5.75 Å². The van der Waals surface area contributed by atoms with E-state index in [-0.39, 0.29) is 24.3 Å². The van der Waals surface area contributed by atoms with Crippen molar-refractivity contribution in [1.82, 2.24) is 4.90 Å². The second kappa shape index (κ2) is 10.4. The smallest absolute Gasteiger partial charge is 0.262 e. The van der Waals surface area contributed by atoms with Crippen LogP contribution in [0.15, 0.2) is 36.4 Å². The summed E-state index contributed by atoms with van der Waals surface area (Å²) in [6.45, 7) is 6.18. The second-order valence-electron chi connectivity index (χ2n) is 7.54. The number of benzene rings is 2. The molecule has 6 nitrogen and oxygen atoms in total. The maximum Gasteiger partial charge on any atom is 0.262 e. The zero-order chi connectivity index (χ0) is 22.5. The Balaban J connectivity index is 1.65. The SMILES string of the molecule is CC(C)C(=O)N1CCN(c2ccc(Cl)cc2NC(=O)COc2ccc(Cl)cc2Cl)CC1. The third-order valence-electron chi connectivity index (χ3n) is 4.91. The van der Waals surface area contributed by atoms with Crippen molar-refractivity contribution in [1.29, 1.82) is 0 Å². The minimum Gasteiger partial charge on any atom is -0.482 e. The Hall–Kier alpha value is -2.15. The van der Waals surface area contributed by atoms with E-state index in [0.717, 1.165) is 5.69 Å². The van der Waals surface area contributed by atoms with E-state index in [0.29, 0.717) is 52.7 Å². The topological polar surface area (TPSA) is 61.9 Å². The summed E-state index contributed by atoms with van der Waals surface area (Å²) in [4.78, 5) is 28.7. The lowest BCUT2D eigenvalue weighted by molar-refractivity contribution is -0.134. The van der Waals surface area contributed by atoms with Crippen molar-refractivity contribution in [3.8, 4) is 5.75 Å². The van der Waals surface area contributed by atoms with Crippen LogP contribution in [-0.2, 0) is 9.59 Å². The van der Waals surface area contributed by atoms with Crippen LogP contribution in [-0.4, -0.2) is 49.5 Å². The molecule has 9 heteroatoms. The Kier molecular flexibility index (Phi) is 7.92. The van der Waals surface area contributed by atoms with Crippen LogP contribution in [0.4, 0.5) is 11.4 Å². The van der Waals surface area contributed by atoms with E-state index in [1.165, 1.54) is 0 Å². The molecule has 0 atom stereocenters. The average molecular weight is 485 g/mol. The molecule has 0 unspecified atom stereocenters. The predicted molar refractivity (Wildman–Crippen MR) is 126 cm³/mol. The Labute approximate surface area is 197 Å². The number of hydrogen-bond acceptors (Lipinski definition) is 4. The van der Waals surface area contributed by atoms with Crippen molar-refractivity contribution in [2.75, 3.05) is 43.0 Å². The average Bonchev–Trinajstić information content (AvgIpc) is 2.73. The van der Waals surface area contributed by atoms with E-state index in [2.05, 4.69) is 10.2 Å². The number of rotatable bonds is 6. The van der Waals surface area contributed by atoms with Crippen molar-refractivity contribution in [2.45, 2.75) is 13.8 Å². The van der Waals surface area contributed by atoms with Crippen LogP contribution in [0.25, 0.3) is 0 Å². The molecule has 0 saturated carbocycles. The Morgan fingerprint density at radius 1 is 1.00 bits per heavy atom. The van der Waals surface area contributed by atoms with Gasteiger partial charge in [0.05, 0.1) is 16.4 Å². The third-order valence-corrected chi connectivity index (χ3v) is 5.68. The lowest BCUT2D eigenvalue weighted by atomic mass is 10.1. The van der Waals surface area contributed by atoms with Crippen molar-refractivity contribution in [2.24, 2.45) is 5.92 Å². The van der Waals surface area contributed by atoms with Gasteiger partial charge in [-0.15, -0.1) is 0 Å². The molecule has 1 fully saturated rings. The molecular formula is C22H24Cl3N3O3. The van der Waals surface area contributed by atoms with Crippen molar-refractivity contribution in [3.05, 3.63) is 51.5 Å². The number of nitrogens with zero attached hydrogens (tertiary/aromatic N) is 2. The van der Waals surface area contributed by atoms with Gasteiger partial charge in [0.25, 0.3) is 5.91 Å². The molecule has 1 N–H and O–H groups in total. The number of ether oxygens (including phenoxy) is 1. The standard InChI is InChI=1S/C22H24Cl3N3O3/c1-14(2)22(30)28-9-7-27(8-10-28)19-5-3-16(24)12-18(19)26-21(29)13-31-20-6-4-15(23)11-17(20)25/h3-6,11-12,14H,7-10,13H2,1-2H3,(H,26,29). The Bertz CT molecular complexity index is 960. The third kappa shape index (κ3) is 6.19. The van der Waals surface area contributed by atoms with E-state index in [1.54, 1.807) is 30.3 Å². The van der Waals surface area contributed by atoms with Gasteiger partial charge in [0.15, 0.2) is 6.61 Å². The zero-order valence-corrected chi connectivity index (χ0v) is 19.6. The molecule has 1 aliphatic rings. The second-order valence-corrected chi connectivity index (χ2v) is 8.82. The minimum absolute atomic E-state index is 0.0222. The van der Waals surface area contributed by atoms with E-state index >= 15 is 0 Å². The summed E-state index contributed by atoms with van der Waals surface area (Å²) in [7, 11) is 0. The molecule has 31 heavy (non-hydrogen) atoms. The number of nitrogens with one attached hydrogen (secondary N) is 1. The molecule has 0 spiro atoms. The summed E-state index contributed by atoms with van der Waals surface area (Å²) < 4.78 is 5.51. The summed E-state index contributed by atoms with van der Waals surface area (Å²) in [6, 6.07) is 10.2. The highest BCUT2D eigenvalue weighted by Gasteiger charge is 2.24. The maximum absolute atomic E-state index is 12.5. The molecule has 3 rings (SSSR count). The Morgan fingerprint density at radius 2 is 1.65 bits per heavy atom. The fourth-order valence-electron chi connectivity index (χ4n) is 3.34. The van der Waals surface area contributed by atoms with Gasteiger partial charge in [-0.3, -0.25) is 9.59 Å². The summed E-state index contributed by atoms with van der Waals surface area (Å²) in [5, 5.41) is 4.19. The highest BCUT2D eigenvalue weighted by atomic mass is 35.5. The highest BCUT2D eigenvalue weighted by molar-refractivity contribution is 6.35. The summed E-state index contributed by atoms with van der Waals surface area (Å²) in [6.07, 6.45) is 0. The largest absolute Gasteiger partial charge is 0.482 e. The van der Waals surface area contributed by atoms with E-state index in [9.17, 15) is 9.59 Å². The highest BCUT2D eigenvalue weighted by Crippen LogP contribution is 2.31. The van der Waals surface area contributed by atoms with Gasteiger partial charge in [-0.25, -0.2) is 0 Å². The first-order valence-electron chi connectivity index (χ1n) is 9.95. The molecule has 2 aromatic carbocycles. The Morgan fingerprint density at radius 3 is 2.29 bits per heavy atom. The predicted octanol–water partition coefficient (Wildman–Crippen LogP) is 4.97. The number of halogens is 3. The number of carbonyl (C=O) groups excluding carboxylic acids is 2. The van der Waals surface area contributed by atoms with Crippen LogP contribution in [0.3, 0.4) is 0 Å². The lowest BCUT2D eigenvalue weighted by Crippen LogP contribution is -2.50. The lowest BCUT2D eigenvalue weighted by Gasteiger charge is -2.37. The van der Waals surface area contributed by atoms with Crippen LogP contribution in [0.5, 0.6) is 5.75 Å². The number of piperazine rings is 1. The maximum atomic E-state index is 12.5. The van der Waals surface area contributed by atoms with E-state index < -0.39 is 0 Å². The van der Waals surface area contributed by atoms with Crippen LogP contribution in [0, 0.1) is 5.92 Å². The van der Waals surface area contributed by atoms with Crippen molar-refractivity contribution in [3.63, 3.8) is 0 Å². The van der Waals surface area contributed by atoms with Gasteiger partial charge in [-0.1, -0.05) is 48.7 Å². The molecule has 2 amide bonds. The van der Waals surface area contributed by atoms with Gasteiger partial charge in [-0.05, 0) is 36.4 Å². The fraction of sp³-hybridized carbons (Fsp3) is 0.364. The summed E-state index contributed by atoms with van der Waals surface area (Å²) in [5.74, 6) is 0.162. The van der Waals surface area contributed by atoms with E-state index in [1.807, 2.05) is 24.8 Å². The fourth-order valence-corrected chi connectivity index (χ4v) is 3.97. The molecule has 166 valence electrons. The van der Waals surface area contributed by atoms with Gasteiger partial charge in [-0.2, -0.15) is 0 Å². The molecule has 1 heterocycles. The first-order valence-corrected chi connectivity index (χ1v) is 11.1. The first-order chi connectivity index (χ1) is 14.7.